The largest absolute Gasteiger partial charge is 0.492 e. The number of amides is 1. The Kier molecular flexibility index (Phi) is 5.59. The van der Waals surface area contributed by atoms with Crippen molar-refractivity contribution >= 4 is 40.2 Å². The van der Waals surface area contributed by atoms with Crippen molar-refractivity contribution in [3.63, 3.8) is 0 Å². The van der Waals surface area contributed by atoms with Gasteiger partial charge in [-0.25, -0.2) is 4.98 Å². The maximum Gasteiger partial charge on any atom is 0.253 e. The van der Waals surface area contributed by atoms with Crippen LogP contribution in [0.25, 0.3) is 10.9 Å². The van der Waals surface area contributed by atoms with E-state index in [-0.39, 0.29) is 17.5 Å². The number of hydrogen-bond donors (Lipinski definition) is 3. The van der Waals surface area contributed by atoms with Crippen LogP contribution in [0.3, 0.4) is 0 Å². The molecule has 1 aliphatic carbocycles. The number of aromatic nitrogens is 3. The maximum atomic E-state index is 12.7. The number of halogens is 1. The first-order valence-electron chi connectivity index (χ1n) is 9.75. The van der Waals surface area contributed by atoms with Gasteiger partial charge in [0.15, 0.2) is 0 Å². The molecule has 8 nitrogen and oxygen atoms in total. The molecule has 0 radical (unpaired) electrons. The van der Waals surface area contributed by atoms with E-state index in [9.17, 15) is 9.59 Å². The molecule has 1 atom stereocenters. The molecule has 1 saturated carbocycles. The first-order valence-corrected chi connectivity index (χ1v) is 10.1. The number of pyridine rings is 1. The molecule has 1 aromatic carbocycles. The van der Waals surface area contributed by atoms with Crippen LogP contribution in [0.1, 0.15) is 38.3 Å². The van der Waals surface area contributed by atoms with Crippen LogP contribution >= 0.6 is 11.6 Å². The van der Waals surface area contributed by atoms with E-state index in [0.717, 1.165) is 5.39 Å². The summed E-state index contributed by atoms with van der Waals surface area (Å²) in [5.74, 6) is 1.64. The normalized spacial score (nSPS) is 14.4. The molecule has 1 aliphatic rings. The zero-order valence-corrected chi connectivity index (χ0v) is 17.4. The second kappa shape index (κ2) is 8.31. The molecule has 9 heteroatoms. The molecule has 156 valence electrons. The van der Waals surface area contributed by atoms with E-state index in [4.69, 9.17) is 16.3 Å². The third-order valence-electron chi connectivity index (χ3n) is 4.87. The molecule has 4 rings (SSSR count). The van der Waals surface area contributed by atoms with Crippen molar-refractivity contribution in [1.29, 1.82) is 0 Å². The molecule has 2 aromatic heterocycles. The first-order chi connectivity index (χ1) is 14.4. The minimum atomic E-state index is -0.379. The van der Waals surface area contributed by atoms with Crippen molar-refractivity contribution in [1.82, 2.24) is 15.0 Å². The predicted molar refractivity (Wildman–Crippen MR) is 116 cm³/mol. The molecule has 30 heavy (non-hydrogen) atoms. The second-order valence-electron chi connectivity index (χ2n) is 7.49. The molecule has 3 N–H and O–H groups in total. The summed E-state index contributed by atoms with van der Waals surface area (Å²) in [6, 6.07) is 6.56. The topological polar surface area (TPSA) is 109 Å². The summed E-state index contributed by atoms with van der Waals surface area (Å²) in [7, 11) is 0. The minimum absolute atomic E-state index is 0.226. The smallest absolute Gasteiger partial charge is 0.253 e. The van der Waals surface area contributed by atoms with Gasteiger partial charge in [-0.3, -0.25) is 9.59 Å². The van der Waals surface area contributed by atoms with Crippen molar-refractivity contribution in [2.75, 3.05) is 17.2 Å². The molecule has 0 bridgehead atoms. The van der Waals surface area contributed by atoms with Crippen molar-refractivity contribution in [3.8, 4) is 5.75 Å². The zero-order valence-electron chi connectivity index (χ0n) is 16.7. The van der Waals surface area contributed by atoms with Gasteiger partial charge >= 0.3 is 0 Å². The lowest BCUT2D eigenvalue weighted by Gasteiger charge is -2.15. The molecule has 0 saturated heterocycles. The summed E-state index contributed by atoms with van der Waals surface area (Å²) in [5.41, 5.74) is 0.949. The number of benzene rings is 1. The fourth-order valence-electron chi connectivity index (χ4n) is 3.10. The van der Waals surface area contributed by atoms with Gasteiger partial charge in [0.1, 0.15) is 11.6 Å². The Labute approximate surface area is 178 Å². The Balaban J connectivity index is 1.57. The van der Waals surface area contributed by atoms with Gasteiger partial charge in [-0.15, -0.1) is 0 Å². The van der Waals surface area contributed by atoms with E-state index in [0.29, 0.717) is 46.1 Å². The zero-order chi connectivity index (χ0) is 21.3. The Bertz CT molecular complexity index is 1160. The van der Waals surface area contributed by atoms with Gasteiger partial charge in [-0.05, 0) is 43.9 Å². The Hall–Kier alpha value is -3.13. The van der Waals surface area contributed by atoms with Gasteiger partial charge in [0.25, 0.3) is 5.56 Å². The van der Waals surface area contributed by atoms with Crippen LogP contribution in [0, 0.1) is 5.92 Å². The summed E-state index contributed by atoms with van der Waals surface area (Å²) in [6.45, 7) is 3.88. The Morgan fingerprint density at radius 1 is 1.37 bits per heavy atom. The first kappa shape index (κ1) is 20.2. The summed E-state index contributed by atoms with van der Waals surface area (Å²) in [5, 5.41) is 7.00. The minimum Gasteiger partial charge on any atom is -0.492 e. The van der Waals surface area contributed by atoms with Crippen molar-refractivity contribution in [2.24, 2.45) is 5.92 Å². The molecule has 1 amide bonds. The van der Waals surface area contributed by atoms with E-state index in [2.05, 4.69) is 25.6 Å². The summed E-state index contributed by atoms with van der Waals surface area (Å²) in [4.78, 5) is 35.2. The number of aromatic amines is 1. The summed E-state index contributed by atoms with van der Waals surface area (Å²) < 4.78 is 5.79. The van der Waals surface area contributed by atoms with Crippen LogP contribution in [0.2, 0.25) is 5.02 Å². The van der Waals surface area contributed by atoms with Crippen LogP contribution in [0.5, 0.6) is 5.75 Å². The lowest BCUT2D eigenvalue weighted by atomic mass is 10.1. The fourth-order valence-corrected chi connectivity index (χ4v) is 3.32. The van der Waals surface area contributed by atoms with Crippen molar-refractivity contribution in [2.45, 2.75) is 32.7 Å². The van der Waals surface area contributed by atoms with Crippen molar-refractivity contribution < 1.29 is 9.53 Å². The molecule has 1 fully saturated rings. The highest BCUT2D eigenvalue weighted by Crippen LogP contribution is 2.33. The fraction of sp³-hybridized carbons (Fsp3) is 0.333. The monoisotopic (exact) mass is 427 g/mol. The van der Waals surface area contributed by atoms with Gasteiger partial charge in [-0.1, -0.05) is 11.6 Å². The van der Waals surface area contributed by atoms with E-state index in [1.54, 1.807) is 24.3 Å². The number of nitrogens with zero attached hydrogens (tertiary/aromatic N) is 2. The summed E-state index contributed by atoms with van der Waals surface area (Å²) in [6.07, 6.45) is 3.91. The van der Waals surface area contributed by atoms with E-state index in [1.807, 2.05) is 6.92 Å². The van der Waals surface area contributed by atoms with Crippen LogP contribution < -0.4 is 20.9 Å². The number of H-pyrrole nitrogens is 1. The number of nitrogens with one attached hydrogen (secondary N) is 3. The summed E-state index contributed by atoms with van der Waals surface area (Å²) >= 11 is 6.38. The van der Waals surface area contributed by atoms with E-state index >= 15 is 0 Å². The number of fused-ring (bicyclic) bond motifs is 1. The number of carbonyl (C=O) groups is 1. The van der Waals surface area contributed by atoms with Gasteiger partial charge in [0.2, 0.25) is 11.9 Å². The molecule has 0 unspecified atom stereocenters. The molecule has 0 spiro atoms. The highest BCUT2D eigenvalue weighted by atomic mass is 35.5. The molecular formula is C21H22ClN5O3. The maximum absolute atomic E-state index is 12.7. The van der Waals surface area contributed by atoms with Gasteiger partial charge in [0, 0.05) is 30.1 Å². The quantitative estimate of drug-likeness (QED) is 0.527. The Morgan fingerprint density at radius 3 is 2.90 bits per heavy atom. The number of ether oxygens (including phenoxy) is 1. The SMILES string of the molecule is CC(=O)Nc1ccnc(N[C@@H](C)c2cc3cc(Cl)c(OCC4CC4)cc3[nH]c2=O)n1. The number of anilines is 2. The van der Waals surface area contributed by atoms with E-state index < -0.39 is 0 Å². The average molecular weight is 428 g/mol. The van der Waals surface area contributed by atoms with Gasteiger partial charge in [0.05, 0.1) is 23.2 Å². The molecule has 3 aromatic rings. The molecule has 0 aliphatic heterocycles. The van der Waals surface area contributed by atoms with Crippen LogP contribution in [-0.2, 0) is 4.79 Å². The number of hydrogen-bond acceptors (Lipinski definition) is 6. The molecular weight excluding hydrogens is 406 g/mol. The highest BCUT2D eigenvalue weighted by molar-refractivity contribution is 6.32. The number of rotatable bonds is 7. The van der Waals surface area contributed by atoms with Crippen molar-refractivity contribution in [3.05, 3.63) is 51.4 Å². The highest BCUT2D eigenvalue weighted by Gasteiger charge is 2.22. The average Bonchev–Trinajstić information content (AvgIpc) is 3.50. The third kappa shape index (κ3) is 4.71. The lowest BCUT2D eigenvalue weighted by molar-refractivity contribution is -0.114. The molecule has 2 heterocycles. The van der Waals surface area contributed by atoms with Crippen LogP contribution in [0.4, 0.5) is 11.8 Å². The standard InChI is InChI=1S/C21H22ClN5O3/c1-11(24-21-23-6-5-19(27-21)25-12(2)28)15-7-14-8-16(22)18(30-10-13-3-4-13)9-17(14)26-20(15)29/h5-9,11,13H,3-4,10H2,1-2H3,(H,26,29)(H2,23,24,25,27,28)/t11-/m0/s1. The predicted octanol–water partition coefficient (Wildman–Crippen LogP) is 3.89. The third-order valence-corrected chi connectivity index (χ3v) is 5.16. The van der Waals surface area contributed by atoms with Crippen LogP contribution in [-0.4, -0.2) is 27.5 Å². The van der Waals surface area contributed by atoms with Crippen LogP contribution in [0.15, 0.2) is 35.3 Å². The van der Waals surface area contributed by atoms with Gasteiger partial charge in [-0.2, -0.15) is 4.98 Å². The second-order valence-corrected chi connectivity index (χ2v) is 7.90. The Morgan fingerprint density at radius 2 is 2.17 bits per heavy atom. The van der Waals surface area contributed by atoms with E-state index in [1.165, 1.54) is 26.0 Å². The van der Waals surface area contributed by atoms with Gasteiger partial charge < -0.3 is 20.4 Å². The lowest BCUT2D eigenvalue weighted by Crippen LogP contribution is -2.20. The number of carbonyl (C=O) groups excluding carboxylic acids is 1.